The van der Waals surface area contributed by atoms with Gasteiger partial charge in [-0.15, -0.1) is 0 Å². The molecule has 3 aliphatic rings. The lowest BCUT2D eigenvalue weighted by Gasteiger charge is -2.27. The van der Waals surface area contributed by atoms with Gasteiger partial charge in [-0.2, -0.15) is 0 Å². The first kappa shape index (κ1) is 34.8. The molecule has 0 radical (unpaired) electrons. The Balaban J connectivity index is 0.898. The highest BCUT2D eigenvalue weighted by Crippen LogP contribution is 2.39. The number of nitrogens with one attached hydrogen (secondary N) is 2. The smallest absolute Gasteiger partial charge is 0.410 e. The zero-order valence-electron chi connectivity index (χ0n) is 31.6. The molecule has 2 aliphatic heterocycles. The molecule has 4 heterocycles. The highest BCUT2D eigenvalue weighted by Gasteiger charge is 2.36. The van der Waals surface area contributed by atoms with E-state index in [4.69, 9.17) is 19.4 Å². The lowest BCUT2D eigenvalue weighted by atomic mass is 9.89. The van der Waals surface area contributed by atoms with Crippen molar-refractivity contribution in [2.75, 3.05) is 13.1 Å². The van der Waals surface area contributed by atoms with E-state index in [1.807, 2.05) is 62.2 Å². The Bertz CT molecular complexity index is 2390. The van der Waals surface area contributed by atoms with E-state index >= 15 is 0 Å². The van der Waals surface area contributed by atoms with Crippen LogP contribution < -0.4 is 0 Å². The van der Waals surface area contributed by atoms with Gasteiger partial charge < -0.3 is 19.4 Å². The van der Waals surface area contributed by atoms with Crippen LogP contribution in [0.5, 0.6) is 0 Å². The third-order valence-electron chi connectivity index (χ3n) is 11.1. The van der Waals surface area contributed by atoms with Crippen LogP contribution in [0.15, 0.2) is 91.1 Å². The Hall–Kier alpha value is -5.90. The molecule has 9 rings (SSSR count). The second-order valence-electron chi connectivity index (χ2n) is 16.0. The summed E-state index contributed by atoms with van der Waals surface area (Å²) in [6.07, 6.45) is 6.61. The topological polar surface area (TPSA) is 116 Å². The predicted molar refractivity (Wildman–Crippen MR) is 212 cm³/mol. The Morgan fingerprint density at radius 3 is 2.20 bits per heavy atom. The molecule has 0 bridgehead atoms. The van der Waals surface area contributed by atoms with Crippen LogP contribution in [0.3, 0.4) is 0 Å². The Kier molecular flexibility index (Phi) is 8.91. The number of aromatic amines is 2. The summed E-state index contributed by atoms with van der Waals surface area (Å²) in [7, 11) is 0. The van der Waals surface area contributed by atoms with E-state index in [1.165, 1.54) is 22.3 Å². The monoisotopic (exact) mass is 734 g/mol. The van der Waals surface area contributed by atoms with Crippen molar-refractivity contribution in [3.63, 3.8) is 0 Å². The first-order valence-corrected chi connectivity index (χ1v) is 19.5. The predicted octanol–water partition coefficient (Wildman–Crippen LogP) is 9.93. The number of rotatable bonds is 6. The van der Waals surface area contributed by atoms with Crippen LogP contribution >= 0.6 is 0 Å². The summed E-state index contributed by atoms with van der Waals surface area (Å²) in [5.41, 5.74) is 9.36. The van der Waals surface area contributed by atoms with E-state index in [2.05, 4.69) is 64.6 Å². The molecule has 10 nitrogen and oxygen atoms in total. The van der Waals surface area contributed by atoms with Gasteiger partial charge in [-0.25, -0.2) is 19.6 Å². The first-order chi connectivity index (χ1) is 26.7. The second kappa shape index (κ2) is 14.1. The van der Waals surface area contributed by atoms with Crippen molar-refractivity contribution in [3.05, 3.63) is 120 Å². The van der Waals surface area contributed by atoms with Gasteiger partial charge in [0.15, 0.2) is 0 Å². The molecular formula is C45H46N6O4. The maximum Gasteiger partial charge on any atom is 0.410 e. The molecule has 0 unspecified atom stereocenters. The number of H-pyrrole nitrogens is 2. The summed E-state index contributed by atoms with van der Waals surface area (Å²) in [5.74, 6) is 1.64. The third kappa shape index (κ3) is 6.97. The normalized spacial score (nSPS) is 18.0. The second-order valence-corrected chi connectivity index (χ2v) is 16.0. The van der Waals surface area contributed by atoms with Crippen LogP contribution in [0.25, 0.3) is 44.4 Å². The van der Waals surface area contributed by atoms with Crippen LogP contribution in [0.1, 0.15) is 87.0 Å². The molecule has 10 heteroatoms. The van der Waals surface area contributed by atoms with E-state index < -0.39 is 5.60 Å². The number of nitrogens with zero attached hydrogens (tertiary/aromatic N) is 4. The molecule has 2 saturated heterocycles. The van der Waals surface area contributed by atoms with Crippen molar-refractivity contribution in [1.82, 2.24) is 29.7 Å². The van der Waals surface area contributed by atoms with Crippen LogP contribution in [-0.4, -0.2) is 60.6 Å². The van der Waals surface area contributed by atoms with Crippen LogP contribution in [0.2, 0.25) is 0 Å². The molecule has 2 N–H and O–H groups in total. The molecule has 0 spiro atoms. The minimum absolute atomic E-state index is 0.101. The maximum atomic E-state index is 13.0. The average molecular weight is 735 g/mol. The van der Waals surface area contributed by atoms with Crippen LogP contribution in [0, 0.1) is 0 Å². The van der Waals surface area contributed by atoms with Gasteiger partial charge in [0.05, 0.1) is 35.4 Å². The Morgan fingerprint density at radius 2 is 1.44 bits per heavy atom. The lowest BCUT2D eigenvalue weighted by molar-refractivity contribution is 0.0218. The number of likely N-dealkylation sites (tertiary alicyclic amines) is 2. The number of ether oxygens (including phenoxy) is 2. The summed E-state index contributed by atoms with van der Waals surface area (Å²) in [6.45, 7) is 7.29. The van der Waals surface area contributed by atoms with Gasteiger partial charge in [-0.05, 0) is 104 Å². The van der Waals surface area contributed by atoms with E-state index in [1.54, 1.807) is 4.90 Å². The number of carbonyl (C=O) groups is 2. The molecule has 2 fully saturated rings. The number of hydrogen-bond acceptors (Lipinski definition) is 6. The third-order valence-corrected chi connectivity index (χ3v) is 11.1. The van der Waals surface area contributed by atoms with Gasteiger partial charge in [0.25, 0.3) is 0 Å². The van der Waals surface area contributed by atoms with Gasteiger partial charge in [-0.3, -0.25) is 9.80 Å². The fourth-order valence-corrected chi connectivity index (χ4v) is 8.38. The molecule has 2 atom stereocenters. The van der Waals surface area contributed by atoms with Crippen LogP contribution in [0.4, 0.5) is 9.59 Å². The number of aromatic nitrogens is 4. The van der Waals surface area contributed by atoms with Crippen LogP contribution in [-0.2, 0) is 28.9 Å². The number of carbonyl (C=O) groups excluding carboxylic acids is 2. The zero-order chi connectivity index (χ0) is 37.7. The first-order valence-electron chi connectivity index (χ1n) is 19.5. The van der Waals surface area contributed by atoms with Crippen molar-refractivity contribution < 1.29 is 19.1 Å². The van der Waals surface area contributed by atoms with Crippen molar-refractivity contribution in [2.45, 2.75) is 83.6 Å². The highest BCUT2D eigenvalue weighted by atomic mass is 16.6. The Labute approximate surface area is 320 Å². The van der Waals surface area contributed by atoms with Crippen molar-refractivity contribution in [2.24, 2.45) is 0 Å². The van der Waals surface area contributed by atoms with Crippen molar-refractivity contribution >= 4 is 23.0 Å². The fourth-order valence-electron chi connectivity index (χ4n) is 8.38. The van der Waals surface area contributed by atoms with Gasteiger partial charge >= 0.3 is 12.2 Å². The number of imidazole rings is 2. The van der Waals surface area contributed by atoms with E-state index in [0.717, 1.165) is 89.2 Å². The standard InChI is InChI=1S/C45H46N6O4/c1-45(2,3)55-44(53)51-22-8-12-39(51)42-47-36-20-18-33-24-32(17-19-35(33)40(36)49-42)29-13-14-31-25-34(16-15-30(31)23-29)37-26-46-41(48-37)38-11-7-21-50(38)43(52)54-27-28-9-5-4-6-10-28/h4-6,9-10,13-17,19,23-26,38-39H,7-8,11-12,18,20-22,27H2,1-3H3,(H,46,48)(H,47,49)/t38-,39-/m0/s1. The fraction of sp³-hybridized carbons (Fsp3) is 0.333. The molecule has 6 aromatic rings. The van der Waals surface area contributed by atoms with Crippen molar-refractivity contribution in [3.8, 4) is 33.6 Å². The molecule has 55 heavy (non-hydrogen) atoms. The van der Waals surface area contributed by atoms with Gasteiger partial charge in [-0.1, -0.05) is 72.8 Å². The zero-order valence-corrected chi connectivity index (χ0v) is 31.6. The number of benzene rings is 4. The maximum absolute atomic E-state index is 13.0. The number of fused-ring (bicyclic) bond motifs is 4. The molecule has 280 valence electrons. The van der Waals surface area contributed by atoms with E-state index in [9.17, 15) is 9.59 Å². The minimum Gasteiger partial charge on any atom is -0.445 e. The summed E-state index contributed by atoms with van der Waals surface area (Å²) in [4.78, 5) is 46.5. The lowest BCUT2D eigenvalue weighted by Crippen LogP contribution is -2.36. The summed E-state index contributed by atoms with van der Waals surface area (Å²) in [5, 5.41) is 2.30. The highest BCUT2D eigenvalue weighted by molar-refractivity contribution is 5.91. The minimum atomic E-state index is -0.538. The number of hydrogen-bond donors (Lipinski definition) is 2. The summed E-state index contributed by atoms with van der Waals surface area (Å²) in [6, 6.07) is 29.3. The number of amides is 2. The molecule has 2 amide bonds. The Morgan fingerprint density at radius 1 is 0.764 bits per heavy atom. The quantitative estimate of drug-likeness (QED) is 0.176. The van der Waals surface area contributed by atoms with E-state index in [0.29, 0.717) is 13.1 Å². The molecule has 4 aromatic carbocycles. The SMILES string of the molecule is CC(C)(C)OC(=O)N1CCC[C@H]1c1nc2c([nH]1)-c1ccc(-c3ccc4cc(-c5cnc([C@@H]6CCCN6C(=O)OCc6ccccc6)[nH]5)ccc4c3)cc1CC2. The number of aryl methyl sites for hydroxylation is 2. The van der Waals surface area contributed by atoms with Gasteiger partial charge in [0.1, 0.15) is 23.9 Å². The largest absolute Gasteiger partial charge is 0.445 e. The molecular weight excluding hydrogens is 689 g/mol. The molecule has 0 saturated carbocycles. The van der Waals surface area contributed by atoms with E-state index in [-0.39, 0.29) is 30.9 Å². The van der Waals surface area contributed by atoms with Gasteiger partial charge in [0.2, 0.25) is 0 Å². The average Bonchev–Trinajstić information content (AvgIpc) is 4.02. The van der Waals surface area contributed by atoms with Gasteiger partial charge in [0, 0.05) is 24.2 Å². The van der Waals surface area contributed by atoms with Crippen molar-refractivity contribution in [1.29, 1.82) is 0 Å². The summed E-state index contributed by atoms with van der Waals surface area (Å²) >= 11 is 0. The molecule has 2 aromatic heterocycles. The summed E-state index contributed by atoms with van der Waals surface area (Å²) < 4.78 is 11.4. The molecule has 1 aliphatic carbocycles.